The molecule has 6 nitrogen and oxygen atoms in total. The molecule has 1 aromatic rings. The maximum Gasteiger partial charge on any atom is 0.408 e. The van der Waals surface area contributed by atoms with Crippen LogP contribution in [-0.4, -0.2) is 39.3 Å². The van der Waals surface area contributed by atoms with E-state index in [1.54, 1.807) is 25.7 Å². The zero-order chi connectivity index (χ0) is 19.8. The van der Waals surface area contributed by atoms with E-state index in [2.05, 4.69) is 5.32 Å². The first-order valence-corrected chi connectivity index (χ1v) is 10.3. The molecule has 0 saturated carbocycles. The van der Waals surface area contributed by atoms with Crippen molar-refractivity contribution >= 4 is 22.8 Å². The maximum absolute atomic E-state index is 13.2. The molecule has 146 valence electrons. The van der Waals surface area contributed by atoms with Gasteiger partial charge in [0, 0.05) is 28.5 Å². The van der Waals surface area contributed by atoms with Crippen molar-refractivity contribution in [2.75, 3.05) is 6.54 Å². The Morgan fingerprint density at radius 3 is 2.56 bits per heavy atom. The first-order chi connectivity index (χ1) is 12.7. The van der Waals surface area contributed by atoms with Gasteiger partial charge in [-0.1, -0.05) is 17.7 Å². The van der Waals surface area contributed by atoms with Gasteiger partial charge in [0.15, 0.2) is 0 Å². The Hall–Kier alpha value is -2.15. The van der Waals surface area contributed by atoms with E-state index in [9.17, 15) is 13.8 Å². The number of benzene rings is 1. The number of alkyl carbamates (subject to hydrolysis) is 1. The fraction of sp³-hybridized carbons (Fsp3) is 0.500. The van der Waals surface area contributed by atoms with Crippen LogP contribution in [0.3, 0.4) is 0 Å². The van der Waals surface area contributed by atoms with Gasteiger partial charge in [0.25, 0.3) is 0 Å². The molecule has 27 heavy (non-hydrogen) atoms. The molecule has 1 aromatic carbocycles. The van der Waals surface area contributed by atoms with Crippen molar-refractivity contribution in [1.29, 1.82) is 0 Å². The molecule has 0 aliphatic carbocycles. The average Bonchev–Trinajstić information content (AvgIpc) is 3.06. The van der Waals surface area contributed by atoms with Crippen molar-refractivity contribution in [3.05, 3.63) is 40.4 Å². The summed E-state index contributed by atoms with van der Waals surface area (Å²) in [5, 5.41) is 2.66. The van der Waals surface area contributed by atoms with Crippen molar-refractivity contribution in [3.8, 4) is 0 Å². The van der Waals surface area contributed by atoms with E-state index < -0.39 is 28.5 Å². The van der Waals surface area contributed by atoms with Crippen molar-refractivity contribution in [2.45, 2.75) is 63.5 Å². The number of nitrogens with one attached hydrogen (secondary N) is 1. The number of carbonyl (C=O) groups is 2. The summed E-state index contributed by atoms with van der Waals surface area (Å²) in [4.78, 5) is 28.0. The molecule has 2 aliphatic rings. The molecule has 0 radical (unpaired) electrons. The maximum atomic E-state index is 13.2. The van der Waals surface area contributed by atoms with Crippen molar-refractivity contribution in [1.82, 2.24) is 10.2 Å². The summed E-state index contributed by atoms with van der Waals surface area (Å²) < 4.78 is 18.5. The Bertz CT molecular complexity index is 808. The lowest BCUT2D eigenvalue weighted by molar-refractivity contribution is -0.131. The second-order valence-electron chi connectivity index (χ2n) is 7.95. The van der Waals surface area contributed by atoms with E-state index in [0.717, 1.165) is 29.0 Å². The van der Waals surface area contributed by atoms with Gasteiger partial charge < -0.3 is 15.0 Å². The molecule has 1 saturated heterocycles. The second-order valence-corrected chi connectivity index (χ2v) is 9.45. The van der Waals surface area contributed by atoms with Gasteiger partial charge in [-0.05, 0) is 52.7 Å². The highest BCUT2D eigenvalue weighted by molar-refractivity contribution is 7.89. The minimum Gasteiger partial charge on any atom is -0.444 e. The van der Waals surface area contributed by atoms with E-state index in [-0.39, 0.29) is 12.3 Å². The number of fused-ring (bicyclic) bond motifs is 1. The average molecular weight is 391 g/mol. The van der Waals surface area contributed by atoms with Gasteiger partial charge in [-0.3, -0.25) is 4.79 Å². The molecule has 2 amide bonds. The first kappa shape index (κ1) is 19.6. The number of nitrogens with zero attached hydrogens (tertiary/aromatic N) is 1. The molecular weight excluding hydrogens is 364 g/mol. The number of hydrogen-bond donors (Lipinski definition) is 1. The van der Waals surface area contributed by atoms with Gasteiger partial charge in [-0.2, -0.15) is 0 Å². The second kappa shape index (κ2) is 7.46. The van der Waals surface area contributed by atoms with Gasteiger partial charge in [0.2, 0.25) is 5.91 Å². The Kier molecular flexibility index (Phi) is 5.42. The highest BCUT2D eigenvalue weighted by atomic mass is 32.2. The summed E-state index contributed by atoms with van der Waals surface area (Å²) in [7, 11) is -1.36. The van der Waals surface area contributed by atoms with Crippen LogP contribution in [0.5, 0.6) is 0 Å². The third kappa shape index (κ3) is 4.40. The van der Waals surface area contributed by atoms with Gasteiger partial charge in [0.1, 0.15) is 11.6 Å². The van der Waals surface area contributed by atoms with Crippen LogP contribution in [0.15, 0.2) is 39.8 Å². The molecule has 2 aliphatic heterocycles. The van der Waals surface area contributed by atoms with E-state index >= 15 is 0 Å². The van der Waals surface area contributed by atoms with Crippen LogP contribution in [0, 0.1) is 6.92 Å². The number of aryl methyl sites for hydroxylation is 1. The standard InChI is InChI=1S/C20H26N2O4S/c1-13-7-9-14(10-8-13)27(25)17-12-15(21-19(24)26-20(2,3)4)18(23)22-11-5-6-16(17)22/h7-10,15H,5-6,11-12H2,1-4H3,(H,21,24)/t15-,27-/m1/s1. The highest BCUT2D eigenvalue weighted by Gasteiger charge is 2.40. The topological polar surface area (TPSA) is 75.7 Å². The summed E-state index contributed by atoms with van der Waals surface area (Å²) in [5.74, 6) is -0.155. The van der Waals surface area contributed by atoms with Crippen LogP contribution >= 0.6 is 0 Å². The number of rotatable bonds is 3. The minimum atomic E-state index is -1.36. The van der Waals surface area contributed by atoms with Crippen LogP contribution in [0.4, 0.5) is 4.79 Å². The highest BCUT2D eigenvalue weighted by Crippen LogP contribution is 2.35. The SMILES string of the molecule is Cc1ccc([S@@](=O)C2=C3CCCN3C(=O)[C@H](NC(=O)OC(C)(C)C)C2)cc1. The fourth-order valence-electron chi connectivity index (χ4n) is 3.34. The van der Waals surface area contributed by atoms with Crippen LogP contribution in [0.25, 0.3) is 0 Å². The quantitative estimate of drug-likeness (QED) is 0.860. The Labute approximate surface area is 162 Å². The van der Waals surface area contributed by atoms with Crippen molar-refractivity contribution in [3.63, 3.8) is 0 Å². The van der Waals surface area contributed by atoms with E-state index in [4.69, 9.17) is 4.74 Å². The normalized spacial score (nSPS) is 21.1. The zero-order valence-corrected chi connectivity index (χ0v) is 17.0. The number of allylic oxidation sites excluding steroid dienone is 1. The van der Waals surface area contributed by atoms with E-state index in [0.29, 0.717) is 11.4 Å². The summed E-state index contributed by atoms with van der Waals surface area (Å²) >= 11 is 0. The van der Waals surface area contributed by atoms with Crippen LogP contribution in [0.2, 0.25) is 0 Å². The summed E-state index contributed by atoms with van der Waals surface area (Å²) in [6.45, 7) is 7.88. The Morgan fingerprint density at radius 1 is 1.26 bits per heavy atom. The molecule has 1 fully saturated rings. The Morgan fingerprint density at radius 2 is 1.93 bits per heavy atom. The zero-order valence-electron chi connectivity index (χ0n) is 16.2. The molecule has 0 unspecified atom stereocenters. The molecule has 0 bridgehead atoms. The van der Waals surface area contributed by atoms with Gasteiger partial charge in [-0.25, -0.2) is 9.00 Å². The number of carbonyl (C=O) groups excluding carboxylic acids is 2. The number of hydrogen-bond acceptors (Lipinski definition) is 4. The minimum absolute atomic E-state index is 0.155. The van der Waals surface area contributed by atoms with Gasteiger partial charge >= 0.3 is 6.09 Å². The predicted octanol–water partition coefficient (Wildman–Crippen LogP) is 3.23. The third-order valence-corrected chi connectivity index (χ3v) is 6.10. The van der Waals surface area contributed by atoms with Crippen molar-refractivity contribution in [2.24, 2.45) is 0 Å². The molecule has 2 atom stereocenters. The summed E-state index contributed by atoms with van der Waals surface area (Å²) in [6.07, 6.45) is 1.18. The predicted molar refractivity (Wildman–Crippen MR) is 103 cm³/mol. The molecule has 1 N–H and O–H groups in total. The van der Waals surface area contributed by atoms with Crippen molar-refractivity contribution < 1.29 is 18.5 Å². The van der Waals surface area contributed by atoms with E-state index in [1.165, 1.54) is 0 Å². The number of ether oxygens (including phenoxy) is 1. The fourth-order valence-corrected chi connectivity index (χ4v) is 4.75. The lowest BCUT2D eigenvalue weighted by Crippen LogP contribution is -2.51. The lowest BCUT2D eigenvalue weighted by atomic mass is 10.1. The van der Waals surface area contributed by atoms with Crippen LogP contribution in [-0.2, 0) is 20.3 Å². The largest absolute Gasteiger partial charge is 0.444 e. The molecular formula is C20H26N2O4S. The number of amides is 2. The monoisotopic (exact) mass is 390 g/mol. The van der Waals surface area contributed by atoms with Crippen LogP contribution < -0.4 is 5.32 Å². The Balaban J connectivity index is 1.85. The molecule has 0 spiro atoms. The third-order valence-electron chi connectivity index (χ3n) is 4.55. The molecule has 7 heteroatoms. The smallest absolute Gasteiger partial charge is 0.408 e. The van der Waals surface area contributed by atoms with Gasteiger partial charge in [0.05, 0.1) is 10.8 Å². The molecule has 2 heterocycles. The summed E-state index contributed by atoms with van der Waals surface area (Å²) in [6, 6.07) is 6.80. The molecule has 0 aromatic heterocycles. The molecule has 3 rings (SSSR count). The first-order valence-electron chi connectivity index (χ1n) is 9.17. The van der Waals surface area contributed by atoms with E-state index in [1.807, 2.05) is 31.2 Å². The van der Waals surface area contributed by atoms with Crippen LogP contribution in [0.1, 0.15) is 45.6 Å². The summed E-state index contributed by atoms with van der Waals surface area (Å²) in [5.41, 5.74) is 1.30. The lowest BCUT2D eigenvalue weighted by Gasteiger charge is -2.32. The van der Waals surface area contributed by atoms with Gasteiger partial charge in [-0.15, -0.1) is 0 Å².